The van der Waals surface area contributed by atoms with Crippen LogP contribution < -0.4 is 10.6 Å². The maximum Gasteiger partial charge on any atom is 0.223 e. The molecule has 1 aliphatic heterocycles. The van der Waals surface area contributed by atoms with E-state index < -0.39 is 0 Å². The molecular formula is C19H28N6O. The first kappa shape index (κ1) is 17.4. The number of nitrogens with zero attached hydrogens (tertiary/aromatic N) is 4. The van der Waals surface area contributed by atoms with Crippen LogP contribution >= 0.6 is 0 Å². The average Bonchev–Trinajstić information content (AvgIpc) is 3.15. The lowest BCUT2D eigenvalue weighted by molar-refractivity contribution is 0.108. The Bertz CT molecular complexity index is 731. The third-order valence-corrected chi connectivity index (χ3v) is 5.56. The van der Waals surface area contributed by atoms with Gasteiger partial charge in [0.1, 0.15) is 0 Å². The van der Waals surface area contributed by atoms with Gasteiger partial charge in [0, 0.05) is 24.0 Å². The van der Waals surface area contributed by atoms with Crippen molar-refractivity contribution < 1.29 is 5.11 Å². The number of rotatable bonds is 4. The van der Waals surface area contributed by atoms with E-state index in [0.717, 1.165) is 68.4 Å². The van der Waals surface area contributed by atoms with Crippen molar-refractivity contribution in [2.75, 3.05) is 18.4 Å². The van der Waals surface area contributed by atoms with Crippen LogP contribution in [0.1, 0.15) is 50.1 Å². The van der Waals surface area contributed by atoms with Gasteiger partial charge in [-0.2, -0.15) is 5.10 Å². The Labute approximate surface area is 154 Å². The highest BCUT2D eigenvalue weighted by Gasteiger charge is 2.22. The van der Waals surface area contributed by atoms with Crippen molar-refractivity contribution in [1.29, 1.82) is 0 Å². The molecule has 0 bridgehead atoms. The maximum atomic E-state index is 9.70. The molecule has 2 aromatic rings. The lowest BCUT2D eigenvalue weighted by Crippen LogP contribution is -2.35. The van der Waals surface area contributed by atoms with Crippen LogP contribution in [0.5, 0.6) is 0 Å². The van der Waals surface area contributed by atoms with Crippen LogP contribution in [0, 0.1) is 6.92 Å². The second-order valence-corrected chi connectivity index (χ2v) is 7.57. The molecule has 0 unspecified atom stereocenters. The molecule has 7 heteroatoms. The van der Waals surface area contributed by atoms with E-state index >= 15 is 0 Å². The van der Waals surface area contributed by atoms with Crippen LogP contribution in [0.15, 0.2) is 18.6 Å². The number of aliphatic hydroxyl groups is 1. The number of aryl methyl sites for hydroxylation is 1. The first-order valence-corrected chi connectivity index (χ1v) is 9.72. The largest absolute Gasteiger partial charge is 0.393 e. The molecule has 2 aliphatic rings. The topological polar surface area (TPSA) is 87.9 Å². The van der Waals surface area contributed by atoms with E-state index in [4.69, 9.17) is 4.98 Å². The Balaban J connectivity index is 1.50. The Morgan fingerprint density at radius 1 is 1.12 bits per heavy atom. The van der Waals surface area contributed by atoms with Gasteiger partial charge in [0.2, 0.25) is 5.95 Å². The van der Waals surface area contributed by atoms with Crippen LogP contribution in [0.2, 0.25) is 0 Å². The smallest absolute Gasteiger partial charge is 0.223 e. The SMILES string of the molecule is Cc1cnc(NC2CCNCC2)nc1-c1cnn(C2CCC(O)CC2)c1. The molecule has 4 rings (SSSR count). The third kappa shape index (κ3) is 3.88. The molecule has 1 saturated heterocycles. The van der Waals surface area contributed by atoms with Crippen molar-refractivity contribution in [2.24, 2.45) is 0 Å². The van der Waals surface area contributed by atoms with Gasteiger partial charge in [0.15, 0.2) is 0 Å². The second kappa shape index (κ2) is 7.72. The molecule has 1 saturated carbocycles. The first-order chi connectivity index (χ1) is 12.7. The van der Waals surface area contributed by atoms with Crippen molar-refractivity contribution in [3.8, 4) is 11.3 Å². The maximum absolute atomic E-state index is 9.70. The summed E-state index contributed by atoms with van der Waals surface area (Å²) in [6.07, 6.45) is 11.6. The molecule has 0 amide bonds. The normalized spacial score (nSPS) is 24.5. The van der Waals surface area contributed by atoms with Crippen LogP contribution in [0.4, 0.5) is 5.95 Å². The fourth-order valence-electron chi connectivity index (χ4n) is 3.94. The highest BCUT2D eigenvalue weighted by molar-refractivity contribution is 5.62. The highest BCUT2D eigenvalue weighted by atomic mass is 16.3. The standard InChI is InChI=1S/C19H28N6O/c1-13-10-21-19(23-15-6-8-20-9-7-15)24-18(13)14-11-22-25(12-14)16-2-4-17(26)5-3-16/h10-12,15-17,20,26H,2-9H2,1H3,(H,21,23,24). The molecule has 0 spiro atoms. The fraction of sp³-hybridized carbons (Fsp3) is 0.632. The van der Waals surface area contributed by atoms with E-state index in [9.17, 15) is 5.11 Å². The molecule has 1 aliphatic carbocycles. The van der Waals surface area contributed by atoms with Crippen molar-refractivity contribution in [3.05, 3.63) is 24.2 Å². The van der Waals surface area contributed by atoms with E-state index in [-0.39, 0.29) is 6.10 Å². The van der Waals surface area contributed by atoms with Gasteiger partial charge in [-0.3, -0.25) is 4.68 Å². The third-order valence-electron chi connectivity index (χ3n) is 5.56. The number of aliphatic hydroxyl groups excluding tert-OH is 1. The zero-order chi connectivity index (χ0) is 17.9. The van der Waals surface area contributed by atoms with Crippen molar-refractivity contribution in [1.82, 2.24) is 25.1 Å². The quantitative estimate of drug-likeness (QED) is 0.779. The van der Waals surface area contributed by atoms with Crippen LogP contribution in [0.25, 0.3) is 11.3 Å². The van der Waals surface area contributed by atoms with Gasteiger partial charge < -0.3 is 15.7 Å². The summed E-state index contributed by atoms with van der Waals surface area (Å²) in [5, 5.41) is 21.1. The molecule has 0 aromatic carbocycles. The summed E-state index contributed by atoms with van der Waals surface area (Å²) in [5.41, 5.74) is 3.03. The minimum absolute atomic E-state index is 0.144. The first-order valence-electron chi connectivity index (χ1n) is 9.72. The van der Waals surface area contributed by atoms with Gasteiger partial charge in [-0.05, 0) is 64.1 Å². The van der Waals surface area contributed by atoms with E-state index in [1.54, 1.807) is 0 Å². The van der Waals surface area contributed by atoms with Crippen LogP contribution in [-0.4, -0.2) is 50.1 Å². The molecule has 2 fully saturated rings. The number of hydrogen-bond donors (Lipinski definition) is 3. The van der Waals surface area contributed by atoms with E-state index in [0.29, 0.717) is 18.0 Å². The van der Waals surface area contributed by atoms with Gasteiger partial charge in [0.25, 0.3) is 0 Å². The Hall–Kier alpha value is -1.99. The van der Waals surface area contributed by atoms with Crippen LogP contribution in [0.3, 0.4) is 0 Å². The summed E-state index contributed by atoms with van der Waals surface area (Å²) in [6, 6.07) is 0.810. The lowest BCUT2D eigenvalue weighted by atomic mass is 9.93. The zero-order valence-corrected chi connectivity index (χ0v) is 15.4. The van der Waals surface area contributed by atoms with E-state index in [1.807, 2.05) is 24.0 Å². The summed E-state index contributed by atoms with van der Waals surface area (Å²) < 4.78 is 2.04. The molecule has 7 nitrogen and oxygen atoms in total. The fourth-order valence-corrected chi connectivity index (χ4v) is 3.94. The monoisotopic (exact) mass is 356 g/mol. The molecule has 0 atom stereocenters. The van der Waals surface area contributed by atoms with Gasteiger partial charge in [-0.25, -0.2) is 9.97 Å². The van der Waals surface area contributed by atoms with Gasteiger partial charge >= 0.3 is 0 Å². The predicted octanol–water partition coefficient (Wildman–Crippen LogP) is 2.29. The molecule has 26 heavy (non-hydrogen) atoms. The highest BCUT2D eigenvalue weighted by Crippen LogP contribution is 2.30. The van der Waals surface area contributed by atoms with Crippen molar-refractivity contribution in [2.45, 2.75) is 63.6 Å². The Morgan fingerprint density at radius 3 is 2.65 bits per heavy atom. The molecule has 3 N–H and O–H groups in total. The predicted molar refractivity (Wildman–Crippen MR) is 101 cm³/mol. The molecular weight excluding hydrogens is 328 g/mol. The van der Waals surface area contributed by atoms with E-state index in [2.05, 4.69) is 26.9 Å². The minimum atomic E-state index is -0.144. The number of anilines is 1. The zero-order valence-electron chi connectivity index (χ0n) is 15.4. The molecule has 0 radical (unpaired) electrons. The Morgan fingerprint density at radius 2 is 1.88 bits per heavy atom. The van der Waals surface area contributed by atoms with Gasteiger partial charge in [0.05, 0.1) is 24.0 Å². The number of piperidine rings is 1. The molecule has 3 heterocycles. The van der Waals surface area contributed by atoms with Crippen LogP contribution in [-0.2, 0) is 0 Å². The summed E-state index contributed by atoms with van der Waals surface area (Å²) in [4.78, 5) is 9.24. The summed E-state index contributed by atoms with van der Waals surface area (Å²) in [7, 11) is 0. The van der Waals surface area contributed by atoms with Gasteiger partial charge in [-0.15, -0.1) is 0 Å². The minimum Gasteiger partial charge on any atom is -0.393 e. The van der Waals surface area contributed by atoms with Crippen molar-refractivity contribution in [3.63, 3.8) is 0 Å². The number of hydrogen-bond acceptors (Lipinski definition) is 6. The Kier molecular flexibility index (Phi) is 5.17. The average molecular weight is 356 g/mol. The number of nitrogens with one attached hydrogen (secondary N) is 2. The lowest BCUT2D eigenvalue weighted by Gasteiger charge is -2.25. The molecule has 140 valence electrons. The summed E-state index contributed by atoms with van der Waals surface area (Å²) in [6.45, 7) is 4.12. The van der Waals surface area contributed by atoms with Gasteiger partial charge in [-0.1, -0.05) is 0 Å². The summed E-state index contributed by atoms with van der Waals surface area (Å²) >= 11 is 0. The molecule has 2 aromatic heterocycles. The van der Waals surface area contributed by atoms with Crippen molar-refractivity contribution >= 4 is 5.95 Å². The number of aromatic nitrogens is 4. The van der Waals surface area contributed by atoms with E-state index in [1.165, 1.54) is 0 Å². The second-order valence-electron chi connectivity index (χ2n) is 7.57. The summed E-state index contributed by atoms with van der Waals surface area (Å²) in [5.74, 6) is 0.700.